The van der Waals surface area contributed by atoms with Gasteiger partial charge < -0.3 is 0 Å². The van der Waals surface area contributed by atoms with Gasteiger partial charge in [-0.2, -0.15) is 19.7 Å². The van der Waals surface area contributed by atoms with Crippen LogP contribution in [0.3, 0.4) is 0 Å². The number of rotatable bonds is 5. The molecule has 0 aromatic carbocycles. The second kappa shape index (κ2) is 7.17. The average Bonchev–Trinajstić information content (AvgIpc) is 3.07. The minimum atomic E-state index is -2.79. The van der Waals surface area contributed by atoms with Crippen LogP contribution in [0.5, 0.6) is 0 Å². The van der Waals surface area contributed by atoms with Crippen molar-refractivity contribution in [1.82, 2.24) is 29.5 Å². The number of aryl methyl sites for hydroxylation is 4. The van der Waals surface area contributed by atoms with E-state index in [1.807, 2.05) is 0 Å². The van der Waals surface area contributed by atoms with Crippen molar-refractivity contribution in [2.24, 2.45) is 19.2 Å². The van der Waals surface area contributed by atoms with Crippen LogP contribution in [0, 0.1) is 19.8 Å². The van der Waals surface area contributed by atoms with Crippen molar-refractivity contribution in [2.45, 2.75) is 20.3 Å². The van der Waals surface area contributed by atoms with E-state index in [9.17, 15) is 13.2 Å². The number of halogens is 3. The lowest BCUT2D eigenvalue weighted by molar-refractivity contribution is 0.146. The number of alkyl halides is 2. The predicted molar refractivity (Wildman–Crippen MR) is 93.0 cm³/mol. The van der Waals surface area contributed by atoms with E-state index in [0.717, 1.165) is 4.68 Å². The standard InChI is InChI=1S/C16H17F3N8/c1-8-10(15(19)27(4)25-8)6-20-23-16-21-12(5-13(22-16)14(17)18)11-7-26(3)24-9(11)2/h5-7,14H,1-4H3,(H,21,22,23)/b20-6+. The van der Waals surface area contributed by atoms with Crippen LogP contribution >= 0.6 is 0 Å². The maximum Gasteiger partial charge on any atom is 0.280 e. The summed E-state index contributed by atoms with van der Waals surface area (Å²) < 4.78 is 42.9. The maximum atomic E-state index is 13.9. The Bertz CT molecular complexity index is 1010. The van der Waals surface area contributed by atoms with Gasteiger partial charge in [-0.3, -0.25) is 4.68 Å². The summed E-state index contributed by atoms with van der Waals surface area (Å²) in [6.07, 6.45) is 0.0886. The zero-order valence-corrected chi connectivity index (χ0v) is 15.1. The largest absolute Gasteiger partial charge is 0.280 e. The van der Waals surface area contributed by atoms with Crippen molar-refractivity contribution in [3.63, 3.8) is 0 Å². The second-order valence-electron chi connectivity index (χ2n) is 5.89. The highest BCUT2D eigenvalue weighted by atomic mass is 19.3. The van der Waals surface area contributed by atoms with Gasteiger partial charge in [-0.25, -0.2) is 28.9 Å². The molecule has 3 heterocycles. The van der Waals surface area contributed by atoms with E-state index >= 15 is 0 Å². The minimum absolute atomic E-state index is 0.135. The topological polar surface area (TPSA) is 85.8 Å². The normalized spacial score (nSPS) is 11.7. The molecule has 142 valence electrons. The molecule has 0 spiro atoms. The lowest BCUT2D eigenvalue weighted by Crippen LogP contribution is -2.03. The first-order chi connectivity index (χ1) is 12.8. The van der Waals surface area contributed by atoms with Crippen molar-refractivity contribution in [1.29, 1.82) is 0 Å². The van der Waals surface area contributed by atoms with Crippen LogP contribution in [0.15, 0.2) is 17.4 Å². The summed E-state index contributed by atoms with van der Waals surface area (Å²) >= 11 is 0. The SMILES string of the molecule is Cc1nn(C)cc1-c1cc(C(F)F)nc(N/N=C/c2c(C)nn(C)c2F)n1. The Morgan fingerprint density at radius 3 is 2.44 bits per heavy atom. The molecule has 0 aliphatic heterocycles. The molecule has 0 radical (unpaired) electrons. The molecule has 8 nitrogen and oxygen atoms in total. The number of nitrogens with zero attached hydrogens (tertiary/aromatic N) is 7. The summed E-state index contributed by atoms with van der Waals surface area (Å²) in [5, 5.41) is 12.0. The summed E-state index contributed by atoms with van der Waals surface area (Å²) in [6.45, 7) is 3.38. The highest BCUT2D eigenvalue weighted by Crippen LogP contribution is 2.26. The van der Waals surface area contributed by atoms with E-state index in [1.165, 1.54) is 19.3 Å². The number of nitrogens with one attached hydrogen (secondary N) is 1. The summed E-state index contributed by atoms with van der Waals surface area (Å²) in [7, 11) is 3.19. The minimum Gasteiger partial charge on any atom is -0.275 e. The third kappa shape index (κ3) is 3.81. The van der Waals surface area contributed by atoms with E-state index < -0.39 is 18.1 Å². The smallest absolute Gasteiger partial charge is 0.275 e. The first-order valence-corrected chi connectivity index (χ1v) is 7.92. The summed E-state index contributed by atoms with van der Waals surface area (Å²) in [6, 6.07) is 1.20. The first-order valence-electron chi connectivity index (χ1n) is 7.92. The van der Waals surface area contributed by atoms with Crippen LogP contribution in [0.2, 0.25) is 0 Å². The number of hydrogen-bond donors (Lipinski definition) is 1. The molecule has 11 heteroatoms. The van der Waals surface area contributed by atoms with Crippen molar-refractivity contribution in [3.05, 3.63) is 40.9 Å². The lowest BCUT2D eigenvalue weighted by Gasteiger charge is -2.06. The molecule has 0 bridgehead atoms. The Morgan fingerprint density at radius 2 is 1.89 bits per heavy atom. The average molecular weight is 378 g/mol. The Kier molecular flexibility index (Phi) is 4.93. The van der Waals surface area contributed by atoms with Gasteiger partial charge in [0.15, 0.2) is 0 Å². The molecule has 0 aliphatic carbocycles. The molecule has 3 rings (SSSR count). The van der Waals surface area contributed by atoms with Crippen molar-refractivity contribution in [2.75, 3.05) is 5.43 Å². The molecule has 3 aromatic rings. The molecule has 27 heavy (non-hydrogen) atoms. The molecule has 0 unspecified atom stereocenters. The first kappa shape index (κ1) is 18.5. The summed E-state index contributed by atoms with van der Waals surface area (Å²) in [5.74, 6) is -0.698. The van der Waals surface area contributed by atoms with Crippen LogP contribution in [0.1, 0.15) is 29.1 Å². The van der Waals surface area contributed by atoms with E-state index in [4.69, 9.17) is 0 Å². The maximum absolute atomic E-state index is 13.9. The van der Waals surface area contributed by atoms with Gasteiger partial charge in [-0.1, -0.05) is 0 Å². The fourth-order valence-corrected chi connectivity index (χ4v) is 2.56. The fraction of sp³-hybridized carbons (Fsp3) is 0.312. The van der Waals surface area contributed by atoms with Crippen LogP contribution in [0.25, 0.3) is 11.3 Å². The third-order valence-electron chi connectivity index (χ3n) is 3.81. The van der Waals surface area contributed by atoms with Gasteiger partial charge >= 0.3 is 0 Å². The molecular formula is C16H17F3N8. The number of aromatic nitrogens is 6. The van der Waals surface area contributed by atoms with Crippen molar-refractivity contribution in [3.8, 4) is 11.3 Å². The van der Waals surface area contributed by atoms with Crippen LogP contribution < -0.4 is 5.43 Å². The second-order valence-corrected chi connectivity index (χ2v) is 5.89. The van der Waals surface area contributed by atoms with Gasteiger partial charge in [0, 0.05) is 25.9 Å². The van der Waals surface area contributed by atoms with Crippen LogP contribution in [-0.2, 0) is 14.1 Å². The zero-order chi connectivity index (χ0) is 19.7. The number of hydrogen-bond acceptors (Lipinski definition) is 6. The van der Waals surface area contributed by atoms with Gasteiger partial charge in [-0.15, -0.1) is 0 Å². The Labute approximate surface area is 152 Å². The molecule has 1 N–H and O–H groups in total. The monoisotopic (exact) mass is 378 g/mol. The number of hydrazone groups is 1. The molecule has 0 fully saturated rings. The van der Waals surface area contributed by atoms with Gasteiger partial charge in [0.2, 0.25) is 11.9 Å². The van der Waals surface area contributed by atoms with Crippen molar-refractivity contribution < 1.29 is 13.2 Å². The Morgan fingerprint density at radius 1 is 1.15 bits per heavy atom. The van der Waals surface area contributed by atoms with E-state index in [-0.39, 0.29) is 17.2 Å². The summed E-state index contributed by atoms with van der Waals surface area (Å²) in [5.41, 5.74) is 4.16. The lowest BCUT2D eigenvalue weighted by atomic mass is 10.1. The van der Waals surface area contributed by atoms with Gasteiger partial charge in [0.05, 0.1) is 28.9 Å². The van der Waals surface area contributed by atoms with Gasteiger partial charge in [0.1, 0.15) is 5.69 Å². The Hall–Kier alpha value is -3.24. The van der Waals surface area contributed by atoms with Gasteiger partial charge in [0.25, 0.3) is 6.43 Å². The van der Waals surface area contributed by atoms with Crippen molar-refractivity contribution >= 4 is 12.2 Å². The zero-order valence-electron chi connectivity index (χ0n) is 15.1. The van der Waals surface area contributed by atoms with Crippen LogP contribution in [0.4, 0.5) is 19.1 Å². The van der Waals surface area contributed by atoms with E-state index in [0.29, 0.717) is 17.0 Å². The molecule has 3 aromatic heterocycles. The predicted octanol–water partition coefficient (Wildman–Crippen LogP) is 2.75. The highest BCUT2D eigenvalue weighted by molar-refractivity contribution is 5.81. The summed E-state index contributed by atoms with van der Waals surface area (Å²) in [4.78, 5) is 7.95. The van der Waals surface area contributed by atoms with E-state index in [2.05, 4.69) is 30.7 Å². The molecule has 0 saturated heterocycles. The van der Waals surface area contributed by atoms with Gasteiger partial charge in [-0.05, 0) is 19.9 Å². The molecule has 0 amide bonds. The Balaban J connectivity index is 1.93. The fourth-order valence-electron chi connectivity index (χ4n) is 2.56. The van der Waals surface area contributed by atoms with E-state index in [1.54, 1.807) is 31.8 Å². The quantitative estimate of drug-likeness (QED) is 0.545. The third-order valence-corrected chi connectivity index (χ3v) is 3.81. The molecule has 0 saturated carbocycles. The molecular weight excluding hydrogens is 361 g/mol. The molecule has 0 atom stereocenters. The van der Waals surface area contributed by atoms with Crippen LogP contribution in [-0.4, -0.2) is 35.7 Å². The highest BCUT2D eigenvalue weighted by Gasteiger charge is 2.16. The number of anilines is 1. The molecule has 0 aliphatic rings.